The topological polar surface area (TPSA) is 0 Å². The van der Waals surface area contributed by atoms with E-state index in [2.05, 4.69) is 22.9 Å². The summed E-state index contributed by atoms with van der Waals surface area (Å²) in [6, 6.07) is 5.80. The monoisotopic (exact) mass is 294 g/mol. The minimum absolute atomic E-state index is 0.570. The first-order chi connectivity index (χ1) is 6.61. The van der Waals surface area contributed by atoms with E-state index < -0.39 is 0 Å². The van der Waals surface area contributed by atoms with Crippen LogP contribution in [0.15, 0.2) is 18.2 Å². The number of benzene rings is 1. The Hall–Kier alpha value is 0.280. The van der Waals surface area contributed by atoms with E-state index in [4.69, 9.17) is 23.2 Å². The predicted octanol–water partition coefficient (Wildman–Crippen LogP) is 5.10. The highest BCUT2D eigenvalue weighted by atomic mass is 79.9. The Morgan fingerprint density at radius 2 is 2.07 bits per heavy atom. The van der Waals surface area contributed by atoms with Crippen LogP contribution in [0.2, 0.25) is 10.0 Å². The summed E-state index contributed by atoms with van der Waals surface area (Å²) in [5.74, 6) is 0. The van der Waals surface area contributed by atoms with Crippen molar-refractivity contribution < 1.29 is 0 Å². The zero-order chi connectivity index (χ0) is 10.6. The SMILES string of the molecule is CC(Br)CCCc1cccc(Cl)c1Cl. The van der Waals surface area contributed by atoms with Crippen molar-refractivity contribution in [3.8, 4) is 0 Å². The fourth-order valence-electron chi connectivity index (χ4n) is 1.32. The molecule has 0 radical (unpaired) electrons. The molecule has 1 aromatic carbocycles. The molecule has 0 saturated carbocycles. The molecule has 1 atom stereocenters. The molecule has 3 heteroatoms. The van der Waals surface area contributed by atoms with Gasteiger partial charge in [-0.05, 0) is 30.9 Å². The molecule has 0 heterocycles. The van der Waals surface area contributed by atoms with Crippen molar-refractivity contribution in [1.82, 2.24) is 0 Å². The van der Waals surface area contributed by atoms with Gasteiger partial charge >= 0.3 is 0 Å². The summed E-state index contributed by atoms with van der Waals surface area (Å²) < 4.78 is 0. The number of halogens is 3. The van der Waals surface area contributed by atoms with E-state index in [1.54, 1.807) is 0 Å². The number of hydrogen-bond donors (Lipinski definition) is 0. The standard InChI is InChI=1S/C11H13BrCl2/c1-8(12)4-2-5-9-6-3-7-10(13)11(9)14/h3,6-8H,2,4-5H2,1H3. The molecular weight excluding hydrogens is 283 g/mol. The van der Waals surface area contributed by atoms with E-state index in [-0.39, 0.29) is 0 Å². The maximum atomic E-state index is 6.06. The summed E-state index contributed by atoms with van der Waals surface area (Å²) in [6.45, 7) is 2.15. The lowest BCUT2D eigenvalue weighted by Crippen LogP contribution is -1.93. The quantitative estimate of drug-likeness (QED) is 0.678. The van der Waals surface area contributed by atoms with Crippen molar-refractivity contribution in [2.75, 3.05) is 0 Å². The van der Waals surface area contributed by atoms with E-state index in [1.807, 2.05) is 18.2 Å². The lowest BCUT2D eigenvalue weighted by molar-refractivity contribution is 0.736. The predicted molar refractivity (Wildman–Crippen MR) is 67.8 cm³/mol. The summed E-state index contributed by atoms with van der Waals surface area (Å²) >= 11 is 15.5. The van der Waals surface area contributed by atoms with Gasteiger partial charge in [-0.3, -0.25) is 0 Å². The van der Waals surface area contributed by atoms with Gasteiger partial charge in [0, 0.05) is 4.83 Å². The van der Waals surface area contributed by atoms with Gasteiger partial charge in [0.2, 0.25) is 0 Å². The van der Waals surface area contributed by atoms with Crippen molar-refractivity contribution in [1.29, 1.82) is 0 Å². The van der Waals surface area contributed by atoms with Crippen molar-refractivity contribution in [3.63, 3.8) is 0 Å². The van der Waals surface area contributed by atoms with Crippen LogP contribution in [0.25, 0.3) is 0 Å². The highest BCUT2D eigenvalue weighted by Gasteiger charge is 2.04. The van der Waals surface area contributed by atoms with E-state index in [1.165, 1.54) is 0 Å². The summed E-state index contributed by atoms with van der Waals surface area (Å²) in [6.07, 6.45) is 3.28. The molecule has 0 saturated heterocycles. The zero-order valence-electron chi connectivity index (χ0n) is 8.06. The molecule has 14 heavy (non-hydrogen) atoms. The number of aryl methyl sites for hydroxylation is 1. The van der Waals surface area contributed by atoms with E-state index in [9.17, 15) is 0 Å². The highest BCUT2D eigenvalue weighted by Crippen LogP contribution is 2.26. The molecule has 78 valence electrons. The van der Waals surface area contributed by atoms with Crippen molar-refractivity contribution in [2.24, 2.45) is 0 Å². The third kappa shape index (κ3) is 3.80. The van der Waals surface area contributed by atoms with Gasteiger partial charge in [0.05, 0.1) is 10.0 Å². The van der Waals surface area contributed by atoms with Crippen molar-refractivity contribution in [2.45, 2.75) is 31.0 Å². The first-order valence-electron chi connectivity index (χ1n) is 4.68. The normalized spacial score (nSPS) is 12.9. The van der Waals surface area contributed by atoms with Gasteiger partial charge in [-0.25, -0.2) is 0 Å². The Kier molecular flexibility index (Phi) is 5.29. The second kappa shape index (κ2) is 5.99. The van der Waals surface area contributed by atoms with Gasteiger partial charge in [-0.2, -0.15) is 0 Å². The lowest BCUT2D eigenvalue weighted by Gasteiger charge is -2.06. The molecule has 0 amide bonds. The highest BCUT2D eigenvalue weighted by molar-refractivity contribution is 9.09. The third-order valence-corrected chi connectivity index (χ3v) is 3.40. The fourth-order valence-corrected chi connectivity index (χ4v) is 2.05. The van der Waals surface area contributed by atoms with Crippen LogP contribution in [-0.4, -0.2) is 4.83 Å². The Morgan fingerprint density at radius 1 is 1.36 bits per heavy atom. The molecule has 1 rings (SSSR count). The van der Waals surface area contributed by atoms with E-state index >= 15 is 0 Å². The van der Waals surface area contributed by atoms with Gasteiger partial charge in [-0.15, -0.1) is 0 Å². The molecule has 0 bridgehead atoms. The molecule has 1 aromatic rings. The Bertz CT molecular complexity index is 297. The molecular formula is C11H13BrCl2. The molecule has 0 N–H and O–H groups in total. The molecule has 0 spiro atoms. The molecule has 0 aliphatic rings. The molecule has 0 aliphatic heterocycles. The smallest absolute Gasteiger partial charge is 0.0624 e. The van der Waals surface area contributed by atoms with E-state index in [0.717, 1.165) is 24.8 Å². The Morgan fingerprint density at radius 3 is 2.71 bits per heavy atom. The Balaban J connectivity index is 2.54. The minimum atomic E-state index is 0.570. The van der Waals surface area contributed by atoms with Crippen LogP contribution < -0.4 is 0 Å². The maximum Gasteiger partial charge on any atom is 0.0624 e. The summed E-state index contributed by atoms with van der Waals surface area (Å²) in [7, 11) is 0. The van der Waals surface area contributed by atoms with Crippen molar-refractivity contribution >= 4 is 39.1 Å². The van der Waals surface area contributed by atoms with Crippen LogP contribution in [0.3, 0.4) is 0 Å². The fraction of sp³-hybridized carbons (Fsp3) is 0.455. The summed E-state index contributed by atoms with van der Waals surface area (Å²) in [5.41, 5.74) is 1.15. The molecule has 1 unspecified atom stereocenters. The van der Waals surface area contributed by atoms with Crippen LogP contribution in [-0.2, 0) is 6.42 Å². The van der Waals surface area contributed by atoms with Crippen LogP contribution in [0, 0.1) is 0 Å². The number of alkyl halides is 1. The zero-order valence-corrected chi connectivity index (χ0v) is 11.2. The van der Waals surface area contributed by atoms with Gasteiger partial charge in [-0.1, -0.05) is 58.2 Å². The maximum absolute atomic E-state index is 6.06. The second-order valence-electron chi connectivity index (χ2n) is 3.39. The van der Waals surface area contributed by atoms with Gasteiger partial charge in [0.25, 0.3) is 0 Å². The van der Waals surface area contributed by atoms with Gasteiger partial charge in [0.1, 0.15) is 0 Å². The molecule has 0 fully saturated rings. The Labute approximate surface area is 104 Å². The first-order valence-corrected chi connectivity index (χ1v) is 6.35. The lowest BCUT2D eigenvalue weighted by atomic mass is 10.1. The largest absolute Gasteiger partial charge is 0.0894 e. The number of rotatable bonds is 4. The average molecular weight is 296 g/mol. The van der Waals surface area contributed by atoms with Crippen LogP contribution in [0.1, 0.15) is 25.3 Å². The first kappa shape index (κ1) is 12.4. The third-order valence-electron chi connectivity index (χ3n) is 2.08. The second-order valence-corrected chi connectivity index (χ2v) is 5.73. The van der Waals surface area contributed by atoms with Gasteiger partial charge in [0.15, 0.2) is 0 Å². The van der Waals surface area contributed by atoms with Crippen LogP contribution >= 0.6 is 39.1 Å². The van der Waals surface area contributed by atoms with E-state index in [0.29, 0.717) is 14.9 Å². The number of hydrogen-bond acceptors (Lipinski definition) is 0. The van der Waals surface area contributed by atoms with Crippen LogP contribution in [0.4, 0.5) is 0 Å². The molecule has 0 nitrogen and oxygen atoms in total. The van der Waals surface area contributed by atoms with Crippen LogP contribution in [0.5, 0.6) is 0 Å². The molecule has 0 aliphatic carbocycles. The van der Waals surface area contributed by atoms with Gasteiger partial charge < -0.3 is 0 Å². The van der Waals surface area contributed by atoms with Crippen molar-refractivity contribution in [3.05, 3.63) is 33.8 Å². The summed E-state index contributed by atoms with van der Waals surface area (Å²) in [5, 5.41) is 1.35. The minimum Gasteiger partial charge on any atom is -0.0894 e. The summed E-state index contributed by atoms with van der Waals surface area (Å²) in [4.78, 5) is 0.570. The molecule has 0 aromatic heterocycles. The average Bonchev–Trinajstić information content (AvgIpc) is 2.12.